The second-order valence-corrected chi connectivity index (χ2v) is 4.69. The Hall–Kier alpha value is -0.910. The second kappa shape index (κ2) is 4.08. The molecule has 1 aromatic rings. The smallest absolute Gasteiger partial charge is 0.238 e. The average Bonchev–Trinajstić information content (AvgIpc) is 2.15. The summed E-state index contributed by atoms with van der Waals surface area (Å²) >= 11 is 0. The fourth-order valence-corrected chi connectivity index (χ4v) is 1.66. The van der Waals surface area contributed by atoms with E-state index in [1.807, 2.05) is 6.92 Å². The van der Waals surface area contributed by atoms with Gasteiger partial charge in [-0.2, -0.15) is 0 Å². The van der Waals surface area contributed by atoms with Crippen LogP contribution in [0.5, 0.6) is 0 Å². The van der Waals surface area contributed by atoms with Crippen molar-refractivity contribution in [3.63, 3.8) is 0 Å². The van der Waals surface area contributed by atoms with Crippen LogP contribution < -0.4 is 10.9 Å². The highest BCUT2D eigenvalue weighted by atomic mass is 32.2. The molecule has 0 fully saturated rings. The molecular formula is C9H14N2O2S. The summed E-state index contributed by atoms with van der Waals surface area (Å²) in [6, 6.07) is 6.27. The zero-order valence-corrected chi connectivity index (χ0v) is 8.79. The molecule has 14 heavy (non-hydrogen) atoms. The SMILES string of the molecule is CC[C@@H](N)c1ccc(S(N)(=O)=O)cc1. The normalized spacial score (nSPS) is 13.9. The van der Waals surface area contributed by atoms with Gasteiger partial charge in [-0.15, -0.1) is 0 Å². The van der Waals surface area contributed by atoms with Crippen LogP contribution in [0.15, 0.2) is 29.2 Å². The molecule has 1 aromatic carbocycles. The highest BCUT2D eigenvalue weighted by Gasteiger charge is 2.08. The van der Waals surface area contributed by atoms with Crippen molar-refractivity contribution in [3.05, 3.63) is 29.8 Å². The van der Waals surface area contributed by atoms with Gasteiger partial charge in [0.25, 0.3) is 0 Å². The molecule has 0 unspecified atom stereocenters. The molecule has 4 N–H and O–H groups in total. The minimum atomic E-state index is -3.59. The number of hydrogen-bond acceptors (Lipinski definition) is 3. The standard InChI is InChI=1S/C9H14N2O2S/c1-2-9(10)7-3-5-8(6-4-7)14(11,12)13/h3-6,9H,2,10H2,1H3,(H2,11,12,13)/t9-/m1/s1. The van der Waals surface area contributed by atoms with E-state index in [0.717, 1.165) is 12.0 Å². The summed E-state index contributed by atoms with van der Waals surface area (Å²) in [6.07, 6.45) is 0.814. The lowest BCUT2D eigenvalue weighted by molar-refractivity contribution is 0.597. The van der Waals surface area contributed by atoms with E-state index in [9.17, 15) is 8.42 Å². The number of hydrogen-bond donors (Lipinski definition) is 2. The van der Waals surface area contributed by atoms with Crippen LogP contribution in [0.1, 0.15) is 24.9 Å². The number of rotatable bonds is 3. The largest absolute Gasteiger partial charge is 0.324 e. The monoisotopic (exact) mass is 214 g/mol. The summed E-state index contributed by atoms with van der Waals surface area (Å²) < 4.78 is 21.9. The Kier molecular flexibility index (Phi) is 3.25. The van der Waals surface area contributed by atoms with Crippen LogP contribution in [0, 0.1) is 0 Å². The Labute approximate surface area is 84.0 Å². The molecular weight excluding hydrogens is 200 g/mol. The molecule has 0 aliphatic heterocycles. The molecule has 0 saturated carbocycles. The fraction of sp³-hybridized carbons (Fsp3) is 0.333. The Balaban J connectivity index is 3.01. The van der Waals surface area contributed by atoms with Gasteiger partial charge >= 0.3 is 0 Å². The molecule has 0 aliphatic carbocycles. The van der Waals surface area contributed by atoms with Crippen molar-refractivity contribution < 1.29 is 8.42 Å². The average molecular weight is 214 g/mol. The van der Waals surface area contributed by atoms with Crippen LogP contribution >= 0.6 is 0 Å². The van der Waals surface area contributed by atoms with Gasteiger partial charge in [-0.1, -0.05) is 19.1 Å². The van der Waals surface area contributed by atoms with E-state index in [0.29, 0.717) is 0 Å². The van der Waals surface area contributed by atoms with Gasteiger partial charge < -0.3 is 5.73 Å². The minimum absolute atomic E-state index is 0.0514. The molecule has 0 heterocycles. The highest BCUT2D eigenvalue weighted by Crippen LogP contribution is 2.15. The van der Waals surface area contributed by atoms with Gasteiger partial charge in [-0.05, 0) is 24.1 Å². The first-order valence-corrected chi connectivity index (χ1v) is 5.88. The van der Waals surface area contributed by atoms with Crippen molar-refractivity contribution in [1.29, 1.82) is 0 Å². The van der Waals surface area contributed by atoms with Crippen molar-refractivity contribution in [1.82, 2.24) is 0 Å². The van der Waals surface area contributed by atoms with E-state index in [1.165, 1.54) is 12.1 Å². The summed E-state index contributed by atoms with van der Waals surface area (Å²) in [6.45, 7) is 1.97. The first-order valence-electron chi connectivity index (χ1n) is 4.33. The molecule has 0 aliphatic rings. The molecule has 1 atom stereocenters. The van der Waals surface area contributed by atoms with Crippen LogP contribution in [0.3, 0.4) is 0 Å². The first kappa shape index (κ1) is 11.2. The lowest BCUT2D eigenvalue weighted by Crippen LogP contribution is -2.13. The first-order chi connectivity index (χ1) is 6.45. The van der Waals surface area contributed by atoms with E-state index in [4.69, 9.17) is 10.9 Å². The zero-order chi connectivity index (χ0) is 10.8. The van der Waals surface area contributed by atoms with Crippen molar-refractivity contribution in [2.75, 3.05) is 0 Å². The topological polar surface area (TPSA) is 86.2 Å². The quantitative estimate of drug-likeness (QED) is 0.778. The summed E-state index contributed by atoms with van der Waals surface area (Å²) in [5.74, 6) is 0. The van der Waals surface area contributed by atoms with Crippen molar-refractivity contribution in [2.24, 2.45) is 10.9 Å². The molecule has 4 nitrogen and oxygen atoms in total. The Morgan fingerprint density at radius 2 is 1.79 bits per heavy atom. The van der Waals surface area contributed by atoms with Gasteiger partial charge in [0, 0.05) is 6.04 Å². The minimum Gasteiger partial charge on any atom is -0.324 e. The van der Waals surface area contributed by atoms with E-state index >= 15 is 0 Å². The summed E-state index contributed by atoms with van der Waals surface area (Å²) in [4.78, 5) is 0.115. The third-order valence-corrected chi connectivity index (χ3v) is 3.01. The second-order valence-electron chi connectivity index (χ2n) is 3.13. The molecule has 0 amide bonds. The fourth-order valence-electron chi connectivity index (χ4n) is 1.14. The van der Waals surface area contributed by atoms with Crippen LogP contribution in [-0.4, -0.2) is 8.42 Å². The van der Waals surface area contributed by atoms with Crippen molar-refractivity contribution in [2.45, 2.75) is 24.3 Å². The lowest BCUT2D eigenvalue weighted by atomic mass is 10.1. The zero-order valence-electron chi connectivity index (χ0n) is 7.97. The van der Waals surface area contributed by atoms with Gasteiger partial charge in [0.15, 0.2) is 0 Å². The maximum absolute atomic E-state index is 10.9. The summed E-state index contributed by atoms with van der Waals surface area (Å²) in [7, 11) is -3.59. The number of primary sulfonamides is 1. The molecule has 78 valence electrons. The van der Waals surface area contributed by atoms with Gasteiger partial charge in [0.2, 0.25) is 10.0 Å². The maximum atomic E-state index is 10.9. The number of benzene rings is 1. The van der Waals surface area contributed by atoms with Gasteiger partial charge in [0.05, 0.1) is 4.90 Å². The Morgan fingerprint density at radius 1 is 1.29 bits per heavy atom. The van der Waals surface area contributed by atoms with Crippen LogP contribution in [0.4, 0.5) is 0 Å². The number of nitrogens with two attached hydrogens (primary N) is 2. The molecule has 0 aromatic heterocycles. The Bertz CT molecular complexity index is 397. The summed E-state index contributed by atoms with van der Waals surface area (Å²) in [5, 5.41) is 4.96. The van der Waals surface area contributed by atoms with Crippen LogP contribution in [0.2, 0.25) is 0 Å². The van der Waals surface area contributed by atoms with E-state index < -0.39 is 10.0 Å². The van der Waals surface area contributed by atoms with Gasteiger partial charge in [-0.3, -0.25) is 0 Å². The molecule has 0 spiro atoms. The van der Waals surface area contributed by atoms with E-state index in [2.05, 4.69) is 0 Å². The van der Waals surface area contributed by atoms with Crippen molar-refractivity contribution in [3.8, 4) is 0 Å². The molecule has 1 rings (SSSR count). The van der Waals surface area contributed by atoms with E-state index in [1.54, 1.807) is 12.1 Å². The van der Waals surface area contributed by atoms with Crippen LogP contribution in [0.25, 0.3) is 0 Å². The third kappa shape index (κ3) is 2.54. The molecule has 0 radical (unpaired) electrons. The van der Waals surface area contributed by atoms with Gasteiger partial charge in [-0.25, -0.2) is 13.6 Å². The Morgan fingerprint density at radius 3 is 2.14 bits per heavy atom. The molecule has 5 heteroatoms. The van der Waals surface area contributed by atoms with Gasteiger partial charge in [0.1, 0.15) is 0 Å². The number of sulfonamides is 1. The lowest BCUT2D eigenvalue weighted by Gasteiger charge is -2.08. The predicted molar refractivity (Wildman–Crippen MR) is 55.0 cm³/mol. The van der Waals surface area contributed by atoms with Crippen molar-refractivity contribution >= 4 is 10.0 Å². The summed E-state index contributed by atoms with van der Waals surface area (Å²) in [5.41, 5.74) is 6.69. The highest BCUT2D eigenvalue weighted by molar-refractivity contribution is 7.89. The predicted octanol–water partition coefficient (Wildman–Crippen LogP) is 0.744. The van der Waals surface area contributed by atoms with E-state index in [-0.39, 0.29) is 10.9 Å². The maximum Gasteiger partial charge on any atom is 0.238 e. The molecule has 0 bridgehead atoms. The molecule has 0 saturated heterocycles. The third-order valence-electron chi connectivity index (χ3n) is 2.08. The van der Waals surface area contributed by atoms with Crippen LogP contribution in [-0.2, 0) is 10.0 Å².